The molecule has 2 rings (SSSR count). The van der Waals surface area contributed by atoms with Crippen LogP contribution in [-0.4, -0.2) is 44.4 Å². The summed E-state index contributed by atoms with van der Waals surface area (Å²) in [6, 6.07) is 0. The Morgan fingerprint density at radius 3 is 2.53 bits per heavy atom. The molecule has 1 aromatic heterocycles. The van der Waals surface area contributed by atoms with Crippen LogP contribution in [0.4, 0.5) is 13.2 Å². The number of carbonyl (C=O) groups is 2. The van der Waals surface area contributed by atoms with Crippen LogP contribution in [0.25, 0.3) is 0 Å². The highest BCUT2D eigenvalue weighted by Crippen LogP contribution is 2.26. The molecule has 0 atom stereocenters. The van der Waals surface area contributed by atoms with Crippen LogP contribution in [0.15, 0.2) is 0 Å². The number of aromatic carboxylic acids is 1. The van der Waals surface area contributed by atoms with Gasteiger partial charge in [0.1, 0.15) is 0 Å². The number of rotatable bonds is 1. The van der Waals surface area contributed by atoms with Gasteiger partial charge < -0.3 is 10.0 Å². The molecule has 1 aromatic rings. The number of carboxylic acids is 1. The molecule has 1 aliphatic rings. The first-order chi connectivity index (χ1) is 8.71. The minimum absolute atomic E-state index is 0.107. The number of amides is 1. The van der Waals surface area contributed by atoms with Crippen molar-refractivity contribution in [2.75, 3.05) is 6.54 Å². The maximum Gasteiger partial charge on any atom is 0.471 e. The molecule has 0 radical (unpaired) electrons. The Morgan fingerprint density at radius 2 is 2.00 bits per heavy atom. The highest BCUT2D eigenvalue weighted by Gasteiger charge is 2.44. The molecule has 104 valence electrons. The van der Waals surface area contributed by atoms with Crippen molar-refractivity contribution in [2.24, 2.45) is 7.05 Å². The third-order valence-electron chi connectivity index (χ3n) is 2.97. The molecule has 0 fully saturated rings. The molecule has 0 aromatic carbocycles. The van der Waals surface area contributed by atoms with Crippen LogP contribution in [0, 0.1) is 0 Å². The molecule has 1 aliphatic heterocycles. The van der Waals surface area contributed by atoms with Crippen molar-refractivity contribution in [3.63, 3.8) is 0 Å². The van der Waals surface area contributed by atoms with Gasteiger partial charge in [-0.25, -0.2) is 4.79 Å². The van der Waals surface area contributed by atoms with Gasteiger partial charge in [-0.05, 0) is 0 Å². The first kappa shape index (κ1) is 13.4. The number of hydrogen-bond acceptors (Lipinski definition) is 3. The van der Waals surface area contributed by atoms with Gasteiger partial charge in [0.2, 0.25) is 0 Å². The van der Waals surface area contributed by atoms with E-state index in [1.807, 2.05) is 0 Å². The predicted octanol–water partition coefficient (Wildman–Crippen LogP) is 0.565. The molecular weight excluding hydrogens is 267 g/mol. The average Bonchev–Trinajstić information content (AvgIpc) is 2.64. The molecular formula is C10H10F3N3O3. The quantitative estimate of drug-likeness (QED) is 0.814. The summed E-state index contributed by atoms with van der Waals surface area (Å²) in [5.74, 6) is -3.28. The van der Waals surface area contributed by atoms with Crippen molar-refractivity contribution < 1.29 is 27.9 Å². The van der Waals surface area contributed by atoms with E-state index in [9.17, 15) is 22.8 Å². The average molecular weight is 277 g/mol. The maximum absolute atomic E-state index is 12.3. The topological polar surface area (TPSA) is 75.4 Å². The summed E-state index contributed by atoms with van der Waals surface area (Å²) in [6.45, 7) is -0.493. The number of nitrogens with zero attached hydrogens (tertiary/aromatic N) is 3. The van der Waals surface area contributed by atoms with Crippen LogP contribution in [0.3, 0.4) is 0 Å². The van der Waals surface area contributed by atoms with Gasteiger partial charge in [-0.15, -0.1) is 0 Å². The summed E-state index contributed by atoms with van der Waals surface area (Å²) in [4.78, 5) is 22.7. The number of fused-ring (bicyclic) bond motifs is 1. The highest BCUT2D eigenvalue weighted by molar-refractivity contribution is 5.88. The SMILES string of the molecule is Cn1nc(C(=O)O)c2c1CCN(C(=O)C(F)(F)F)C2. The second-order valence-electron chi connectivity index (χ2n) is 4.18. The van der Waals surface area contributed by atoms with Gasteiger partial charge >= 0.3 is 18.1 Å². The Balaban J connectivity index is 2.34. The van der Waals surface area contributed by atoms with Crippen LogP contribution in [0.1, 0.15) is 21.7 Å². The van der Waals surface area contributed by atoms with Crippen LogP contribution in [0.2, 0.25) is 0 Å². The minimum atomic E-state index is -4.96. The van der Waals surface area contributed by atoms with Crippen LogP contribution in [-0.2, 0) is 24.8 Å². The molecule has 0 saturated carbocycles. The lowest BCUT2D eigenvalue weighted by atomic mass is 10.0. The molecule has 19 heavy (non-hydrogen) atoms. The van der Waals surface area contributed by atoms with Crippen molar-refractivity contribution in [3.8, 4) is 0 Å². The number of carbonyl (C=O) groups excluding carboxylic acids is 1. The van der Waals surface area contributed by atoms with Crippen LogP contribution < -0.4 is 0 Å². The Kier molecular flexibility index (Phi) is 2.99. The van der Waals surface area contributed by atoms with E-state index < -0.39 is 18.1 Å². The second kappa shape index (κ2) is 4.25. The third kappa shape index (κ3) is 2.27. The van der Waals surface area contributed by atoms with Crippen molar-refractivity contribution in [1.29, 1.82) is 0 Å². The largest absolute Gasteiger partial charge is 0.476 e. The summed E-state index contributed by atoms with van der Waals surface area (Å²) in [7, 11) is 1.52. The number of hydrogen-bond donors (Lipinski definition) is 1. The molecule has 1 N–H and O–H groups in total. The molecule has 2 heterocycles. The summed E-state index contributed by atoms with van der Waals surface area (Å²) in [6.07, 6.45) is -4.81. The molecule has 0 bridgehead atoms. The van der Waals surface area contributed by atoms with E-state index in [2.05, 4.69) is 5.10 Å². The first-order valence-electron chi connectivity index (χ1n) is 5.36. The van der Waals surface area contributed by atoms with E-state index in [0.29, 0.717) is 10.6 Å². The number of aromatic nitrogens is 2. The number of halogens is 3. The number of alkyl halides is 3. The van der Waals surface area contributed by atoms with Crippen LogP contribution >= 0.6 is 0 Å². The molecule has 6 nitrogen and oxygen atoms in total. The Morgan fingerprint density at radius 1 is 1.37 bits per heavy atom. The number of aryl methyl sites for hydroxylation is 1. The molecule has 0 unspecified atom stereocenters. The monoisotopic (exact) mass is 277 g/mol. The fourth-order valence-corrected chi connectivity index (χ4v) is 2.12. The zero-order chi connectivity index (χ0) is 14.4. The van der Waals surface area contributed by atoms with Gasteiger partial charge in [-0.2, -0.15) is 18.3 Å². The molecule has 0 spiro atoms. The third-order valence-corrected chi connectivity index (χ3v) is 2.97. The molecule has 0 saturated heterocycles. The standard InChI is InChI=1S/C10H10F3N3O3/c1-15-6-2-3-16(9(19)10(11,12)13)4-5(6)7(14-15)8(17)18/h2-4H2,1H3,(H,17,18). The predicted molar refractivity (Wildman–Crippen MR) is 55.3 cm³/mol. The first-order valence-corrected chi connectivity index (χ1v) is 5.36. The molecule has 1 amide bonds. The van der Waals surface area contributed by atoms with E-state index in [4.69, 9.17) is 5.11 Å². The van der Waals surface area contributed by atoms with Crippen molar-refractivity contribution in [3.05, 3.63) is 17.0 Å². The lowest BCUT2D eigenvalue weighted by molar-refractivity contribution is -0.186. The summed E-state index contributed by atoms with van der Waals surface area (Å²) in [5, 5.41) is 12.7. The second-order valence-corrected chi connectivity index (χ2v) is 4.18. The van der Waals surface area contributed by atoms with Crippen molar-refractivity contribution in [2.45, 2.75) is 19.1 Å². The Hall–Kier alpha value is -2.06. The smallest absolute Gasteiger partial charge is 0.471 e. The van der Waals surface area contributed by atoms with Gasteiger partial charge in [-0.1, -0.05) is 0 Å². The summed E-state index contributed by atoms with van der Waals surface area (Å²) < 4.78 is 38.4. The van der Waals surface area contributed by atoms with Gasteiger partial charge in [0.05, 0.1) is 6.54 Å². The van der Waals surface area contributed by atoms with E-state index in [-0.39, 0.29) is 30.8 Å². The van der Waals surface area contributed by atoms with E-state index in [1.165, 1.54) is 11.7 Å². The number of carboxylic acid groups (broad SMARTS) is 1. The Bertz CT molecular complexity index is 550. The summed E-state index contributed by atoms with van der Waals surface area (Å²) in [5.41, 5.74) is 0.402. The van der Waals surface area contributed by atoms with Gasteiger partial charge in [0, 0.05) is 31.3 Å². The normalized spacial score (nSPS) is 15.3. The highest BCUT2D eigenvalue weighted by atomic mass is 19.4. The van der Waals surface area contributed by atoms with Gasteiger partial charge in [0.25, 0.3) is 0 Å². The summed E-state index contributed by atoms with van der Waals surface area (Å²) >= 11 is 0. The minimum Gasteiger partial charge on any atom is -0.476 e. The van der Waals surface area contributed by atoms with Crippen LogP contribution in [0.5, 0.6) is 0 Å². The zero-order valence-corrected chi connectivity index (χ0v) is 9.86. The van der Waals surface area contributed by atoms with Crippen molar-refractivity contribution in [1.82, 2.24) is 14.7 Å². The Labute approximate surface area is 105 Å². The lowest BCUT2D eigenvalue weighted by Gasteiger charge is -2.27. The van der Waals surface area contributed by atoms with Gasteiger partial charge in [0.15, 0.2) is 5.69 Å². The maximum atomic E-state index is 12.3. The van der Waals surface area contributed by atoms with E-state index >= 15 is 0 Å². The molecule has 9 heteroatoms. The molecule has 0 aliphatic carbocycles. The van der Waals surface area contributed by atoms with E-state index in [1.54, 1.807) is 0 Å². The van der Waals surface area contributed by atoms with E-state index in [0.717, 1.165) is 0 Å². The fourth-order valence-electron chi connectivity index (χ4n) is 2.12. The fraction of sp³-hybridized carbons (Fsp3) is 0.500. The van der Waals surface area contributed by atoms with Gasteiger partial charge in [-0.3, -0.25) is 9.48 Å². The lowest BCUT2D eigenvalue weighted by Crippen LogP contribution is -2.44. The van der Waals surface area contributed by atoms with Crippen molar-refractivity contribution >= 4 is 11.9 Å². The zero-order valence-electron chi connectivity index (χ0n) is 9.86.